The Morgan fingerprint density at radius 1 is 1.15 bits per heavy atom. The Labute approximate surface area is 158 Å². The highest BCUT2D eigenvalue weighted by Crippen LogP contribution is 2.35. The summed E-state index contributed by atoms with van der Waals surface area (Å²) in [6.07, 6.45) is 8.69. The summed E-state index contributed by atoms with van der Waals surface area (Å²) in [6, 6.07) is 7.98. The summed E-state index contributed by atoms with van der Waals surface area (Å²) in [7, 11) is 0. The Kier molecular flexibility index (Phi) is 3.92. The number of nitrogens with zero attached hydrogens (tertiary/aromatic N) is 5. The average Bonchev–Trinajstić information content (AvgIpc) is 3.08. The molecule has 1 aromatic carbocycles. The van der Waals surface area contributed by atoms with Crippen molar-refractivity contribution in [3.63, 3.8) is 0 Å². The normalized spacial score (nSPS) is 22.2. The van der Waals surface area contributed by atoms with Gasteiger partial charge in [0.05, 0.1) is 11.4 Å². The lowest BCUT2D eigenvalue weighted by atomic mass is 9.78. The van der Waals surface area contributed by atoms with Gasteiger partial charge in [0.2, 0.25) is 0 Å². The molecule has 1 aliphatic heterocycles. The predicted molar refractivity (Wildman–Crippen MR) is 103 cm³/mol. The molecule has 27 heavy (non-hydrogen) atoms. The van der Waals surface area contributed by atoms with Gasteiger partial charge in [0.1, 0.15) is 0 Å². The second kappa shape index (κ2) is 6.44. The van der Waals surface area contributed by atoms with Crippen LogP contribution in [-0.2, 0) is 0 Å². The fourth-order valence-electron chi connectivity index (χ4n) is 4.79. The van der Waals surface area contributed by atoms with E-state index in [9.17, 15) is 4.79 Å². The summed E-state index contributed by atoms with van der Waals surface area (Å²) >= 11 is 0. The van der Waals surface area contributed by atoms with Gasteiger partial charge in [0.25, 0.3) is 5.91 Å². The van der Waals surface area contributed by atoms with E-state index in [1.54, 1.807) is 10.9 Å². The second-order valence-corrected chi connectivity index (χ2v) is 7.92. The van der Waals surface area contributed by atoms with Gasteiger partial charge in [-0.2, -0.15) is 0 Å². The van der Waals surface area contributed by atoms with Gasteiger partial charge in [-0.1, -0.05) is 23.8 Å². The molecule has 0 N–H and O–H groups in total. The van der Waals surface area contributed by atoms with E-state index in [1.807, 2.05) is 42.3 Å². The van der Waals surface area contributed by atoms with Gasteiger partial charge >= 0.3 is 0 Å². The van der Waals surface area contributed by atoms with E-state index in [4.69, 9.17) is 0 Å². The fourth-order valence-corrected chi connectivity index (χ4v) is 4.79. The molecule has 3 aromatic rings. The van der Waals surface area contributed by atoms with E-state index in [0.29, 0.717) is 17.5 Å². The van der Waals surface area contributed by atoms with Crippen molar-refractivity contribution in [1.82, 2.24) is 24.9 Å². The highest BCUT2D eigenvalue weighted by atomic mass is 16.2. The maximum Gasteiger partial charge on any atom is 0.276 e. The zero-order valence-corrected chi connectivity index (χ0v) is 15.5. The van der Waals surface area contributed by atoms with Gasteiger partial charge in [-0.25, -0.2) is 4.68 Å². The molecule has 0 spiro atoms. The predicted octanol–water partition coefficient (Wildman–Crippen LogP) is 3.39. The topological polar surface area (TPSA) is 63.9 Å². The van der Waals surface area contributed by atoms with Gasteiger partial charge < -0.3 is 4.90 Å². The molecular weight excluding hydrogens is 338 g/mol. The number of likely N-dealkylation sites (tertiary alicyclic amines) is 1. The molecule has 2 aromatic heterocycles. The first kappa shape index (κ1) is 16.4. The number of hydrogen-bond acceptors (Lipinski definition) is 4. The third kappa shape index (κ3) is 2.80. The number of pyridine rings is 1. The van der Waals surface area contributed by atoms with Gasteiger partial charge in [-0.05, 0) is 50.2 Å². The maximum absolute atomic E-state index is 13.2. The van der Waals surface area contributed by atoms with Crippen LogP contribution in [0.5, 0.6) is 0 Å². The van der Waals surface area contributed by atoms with E-state index in [2.05, 4.69) is 15.3 Å². The molecule has 2 bridgehead atoms. The maximum atomic E-state index is 13.2. The summed E-state index contributed by atoms with van der Waals surface area (Å²) in [5.41, 5.74) is 2.19. The third-order valence-electron chi connectivity index (χ3n) is 6.12. The molecule has 2 fully saturated rings. The number of rotatable bonds is 2. The van der Waals surface area contributed by atoms with Crippen molar-refractivity contribution in [3.05, 3.63) is 48.0 Å². The quantitative estimate of drug-likeness (QED) is 0.702. The molecule has 1 saturated carbocycles. The van der Waals surface area contributed by atoms with Gasteiger partial charge in [0, 0.05) is 36.3 Å². The Bertz CT molecular complexity index is 993. The smallest absolute Gasteiger partial charge is 0.276 e. The van der Waals surface area contributed by atoms with Gasteiger partial charge in [0.15, 0.2) is 5.69 Å². The number of amides is 1. The monoisotopic (exact) mass is 361 g/mol. The van der Waals surface area contributed by atoms with Crippen molar-refractivity contribution in [2.75, 3.05) is 13.1 Å². The van der Waals surface area contributed by atoms with Crippen molar-refractivity contribution >= 4 is 16.7 Å². The van der Waals surface area contributed by atoms with Crippen LogP contribution in [0.15, 0.2) is 36.7 Å². The lowest BCUT2D eigenvalue weighted by molar-refractivity contribution is 0.0498. The zero-order valence-electron chi connectivity index (χ0n) is 15.5. The first-order chi connectivity index (χ1) is 13.2. The number of piperidine rings is 1. The van der Waals surface area contributed by atoms with Crippen LogP contribution in [0.2, 0.25) is 0 Å². The fraction of sp³-hybridized carbons (Fsp3) is 0.429. The van der Waals surface area contributed by atoms with Crippen LogP contribution < -0.4 is 0 Å². The van der Waals surface area contributed by atoms with Crippen molar-refractivity contribution < 1.29 is 4.79 Å². The van der Waals surface area contributed by atoms with Crippen LogP contribution in [0, 0.1) is 18.8 Å². The van der Waals surface area contributed by atoms with E-state index in [-0.39, 0.29) is 5.91 Å². The minimum atomic E-state index is 0.0252. The first-order valence-electron chi connectivity index (χ1n) is 9.75. The largest absolute Gasteiger partial charge is 0.337 e. The Morgan fingerprint density at radius 2 is 1.96 bits per heavy atom. The summed E-state index contributed by atoms with van der Waals surface area (Å²) < 4.78 is 1.78. The second-order valence-electron chi connectivity index (χ2n) is 7.92. The minimum absolute atomic E-state index is 0.0252. The molecule has 2 unspecified atom stereocenters. The lowest BCUT2D eigenvalue weighted by Gasteiger charge is -2.41. The highest BCUT2D eigenvalue weighted by molar-refractivity contribution is 5.94. The number of aromatic nitrogens is 4. The van der Waals surface area contributed by atoms with Crippen molar-refractivity contribution in [3.8, 4) is 5.69 Å². The van der Waals surface area contributed by atoms with Crippen LogP contribution in [-0.4, -0.2) is 43.9 Å². The number of carbonyl (C=O) groups excluding carboxylic acids is 1. The Morgan fingerprint density at radius 3 is 2.78 bits per heavy atom. The molecule has 138 valence electrons. The molecular formula is C21H23N5O. The van der Waals surface area contributed by atoms with E-state index < -0.39 is 0 Å². The van der Waals surface area contributed by atoms with Crippen LogP contribution in [0.25, 0.3) is 16.5 Å². The summed E-state index contributed by atoms with van der Waals surface area (Å²) in [6.45, 7) is 3.65. The summed E-state index contributed by atoms with van der Waals surface area (Å²) in [5.74, 6) is 1.34. The summed E-state index contributed by atoms with van der Waals surface area (Å²) in [5, 5.41) is 10.7. The van der Waals surface area contributed by atoms with E-state index in [0.717, 1.165) is 35.2 Å². The molecule has 1 aliphatic carbocycles. The summed E-state index contributed by atoms with van der Waals surface area (Å²) in [4.78, 5) is 19.4. The molecule has 2 aliphatic rings. The average molecular weight is 361 g/mol. The van der Waals surface area contributed by atoms with Gasteiger partial charge in [-0.15, -0.1) is 5.10 Å². The minimum Gasteiger partial charge on any atom is -0.337 e. The number of carbonyl (C=O) groups is 1. The van der Waals surface area contributed by atoms with Crippen molar-refractivity contribution in [1.29, 1.82) is 0 Å². The van der Waals surface area contributed by atoms with Crippen molar-refractivity contribution in [2.24, 2.45) is 11.8 Å². The lowest BCUT2D eigenvalue weighted by Crippen LogP contribution is -2.46. The highest BCUT2D eigenvalue weighted by Gasteiger charge is 2.34. The number of hydrogen-bond donors (Lipinski definition) is 0. The first-order valence-corrected chi connectivity index (χ1v) is 9.75. The van der Waals surface area contributed by atoms with Crippen LogP contribution >= 0.6 is 0 Å². The van der Waals surface area contributed by atoms with Crippen molar-refractivity contribution in [2.45, 2.75) is 32.6 Å². The molecule has 3 heterocycles. The molecule has 6 nitrogen and oxygen atoms in total. The Balaban J connectivity index is 1.49. The molecule has 0 radical (unpaired) electrons. The number of benzene rings is 1. The molecule has 2 atom stereocenters. The molecule has 5 rings (SSSR count). The third-order valence-corrected chi connectivity index (χ3v) is 6.12. The molecule has 1 amide bonds. The van der Waals surface area contributed by atoms with Gasteiger partial charge in [-0.3, -0.25) is 9.78 Å². The van der Waals surface area contributed by atoms with E-state index in [1.165, 1.54) is 25.7 Å². The molecule has 1 saturated heterocycles. The van der Waals surface area contributed by atoms with Crippen LogP contribution in [0.1, 0.15) is 41.9 Å². The number of fused-ring (bicyclic) bond motifs is 3. The molecule has 6 heteroatoms. The Hall–Kier alpha value is -2.76. The zero-order chi connectivity index (χ0) is 18.4. The van der Waals surface area contributed by atoms with Crippen LogP contribution in [0.3, 0.4) is 0 Å². The standard InChI is InChI=1S/C21H23N5O/c1-14-20(21(27)25-12-15-4-2-5-16(10-15)13-25)23-24-26(14)19-7-3-6-17-11-22-9-8-18(17)19/h3,6-9,11,15-16H,2,4-5,10,12-13H2,1H3. The van der Waals surface area contributed by atoms with E-state index >= 15 is 0 Å². The SMILES string of the molecule is Cc1c(C(=O)N2CC3CCCC(C3)C2)nnn1-c1cccc2cnccc12. The van der Waals surface area contributed by atoms with Crippen LogP contribution in [0.4, 0.5) is 0 Å².